The predicted molar refractivity (Wildman–Crippen MR) is 97.0 cm³/mol. The number of amides is 1. The minimum absolute atomic E-state index is 0.0765. The van der Waals surface area contributed by atoms with E-state index in [1.54, 1.807) is 18.3 Å². The van der Waals surface area contributed by atoms with Gasteiger partial charge in [-0.3, -0.25) is 9.78 Å². The Kier molecular flexibility index (Phi) is 5.66. The fraction of sp³-hybridized carbons (Fsp3) is 0.158. The normalized spacial score (nSPS) is 10.2. The van der Waals surface area contributed by atoms with Gasteiger partial charge in [-0.15, -0.1) is 10.2 Å². The molecule has 25 heavy (non-hydrogen) atoms. The number of aromatic nitrogens is 3. The number of nitrogens with zero attached hydrogens (tertiary/aromatic N) is 3. The summed E-state index contributed by atoms with van der Waals surface area (Å²) < 4.78 is 0. The van der Waals surface area contributed by atoms with Crippen LogP contribution in [0, 0.1) is 0 Å². The number of anilines is 2. The molecule has 0 bridgehead atoms. The highest BCUT2D eigenvalue weighted by atomic mass is 16.1. The molecule has 0 aliphatic heterocycles. The van der Waals surface area contributed by atoms with Crippen LogP contribution < -0.4 is 10.6 Å². The third kappa shape index (κ3) is 5.39. The van der Waals surface area contributed by atoms with E-state index in [1.165, 1.54) is 0 Å². The van der Waals surface area contributed by atoms with E-state index in [-0.39, 0.29) is 5.91 Å². The summed E-state index contributed by atoms with van der Waals surface area (Å²) in [5.74, 6) is 1.00. The van der Waals surface area contributed by atoms with Crippen LogP contribution in [-0.2, 0) is 17.8 Å². The summed E-state index contributed by atoms with van der Waals surface area (Å²) in [5, 5.41) is 14.0. The molecular weight excluding hydrogens is 314 g/mol. The number of carbonyl (C=O) groups excluding carboxylic acids is 1. The molecule has 2 N–H and O–H groups in total. The summed E-state index contributed by atoms with van der Waals surface area (Å²) >= 11 is 0. The molecule has 0 saturated carbocycles. The average molecular weight is 333 g/mol. The maximum Gasteiger partial charge on any atom is 0.225 e. The molecule has 0 spiro atoms. The zero-order valence-electron chi connectivity index (χ0n) is 13.7. The molecule has 3 rings (SSSR count). The van der Waals surface area contributed by atoms with Crippen molar-refractivity contribution in [2.75, 3.05) is 10.6 Å². The zero-order chi connectivity index (χ0) is 17.3. The second-order valence-corrected chi connectivity index (χ2v) is 5.51. The third-order valence-corrected chi connectivity index (χ3v) is 3.59. The molecule has 0 radical (unpaired) electrons. The van der Waals surface area contributed by atoms with Crippen LogP contribution in [0.3, 0.4) is 0 Å². The molecule has 2 aromatic heterocycles. The van der Waals surface area contributed by atoms with Gasteiger partial charge in [-0.25, -0.2) is 0 Å². The number of rotatable bonds is 7. The fourth-order valence-corrected chi connectivity index (χ4v) is 2.28. The first kappa shape index (κ1) is 16.6. The Bertz CT molecular complexity index is 791. The summed E-state index contributed by atoms with van der Waals surface area (Å²) in [4.78, 5) is 16.2. The molecule has 6 nitrogen and oxygen atoms in total. The van der Waals surface area contributed by atoms with Crippen molar-refractivity contribution in [2.45, 2.75) is 19.4 Å². The monoisotopic (exact) mass is 333 g/mol. The van der Waals surface area contributed by atoms with Crippen molar-refractivity contribution in [3.8, 4) is 0 Å². The number of aryl methyl sites for hydroxylation is 1. The van der Waals surface area contributed by atoms with Crippen LogP contribution in [0.5, 0.6) is 0 Å². The molecule has 1 amide bonds. The molecule has 6 heteroatoms. The molecule has 2 heterocycles. The maximum atomic E-state index is 12.0. The molecule has 126 valence electrons. The highest BCUT2D eigenvalue weighted by Crippen LogP contribution is 2.09. The van der Waals surface area contributed by atoms with Crippen molar-refractivity contribution in [3.63, 3.8) is 0 Å². The number of hydrogen-bond donors (Lipinski definition) is 2. The van der Waals surface area contributed by atoms with Crippen LogP contribution in [0.4, 0.5) is 11.6 Å². The van der Waals surface area contributed by atoms with E-state index in [0.29, 0.717) is 31.0 Å². The first-order chi connectivity index (χ1) is 12.3. The Labute approximate surface area is 146 Å². The number of nitrogens with one attached hydrogen (secondary N) is 2. The van der Waals surface area contributed by atoms with Gasteiger partial charge in [-0.1, -0.05) is 36.4 Å². The second-order valence-electron chi connectivity index (χ2n) is 5.51. The number of hydrogen-bond acceptors (Lipinski definition) is 5. The standard InChI is InChI=1S/C19H19N5O/c25-19(12-9-15-6-2-1-3-7-15)22-18-11-10-17(23-24-18)21-14-16-8-4-5-13-20-16/h1-8,10-11,13H,9,12,14H2,(H,21,23)(H,22,24,25). The molecule has 0 unspecified atom stereocenters. The van der Waals surface area contributed by atoms with Crippen LogP contribution in [0.15, 0.2) is 66.9 Å². The molecular formula is C19H19N5O. The molecule has 0 aliphatic carbocycles. The third-order valence-electron chi connectivity index (χ3n) is 3.59. The summed E-state index contributed by atoms with van der Waals surface area (Å²) in [7, 11) is 0. The van der Waals surface area contributed by atoms with E-state index in [4.69, 9.17) is 0 Å². The van der Waals surface area contributed by atoms with Gasteiger partial charge in [-0.2, -0.15) is 0 Å². The Morgan fingerprint density at radius 3 is 2.36 bits per heavy atom. The van der Waals surface area contributed by atoms with Crippen LogP contribution in [-0.4, -0.2) is 21.1 Å². The van der Waals surface area contributed by atoms with Crippen LogP contribution in [0.25, 0.3) is 0 Å². The summed E-state index contributed by atoms with van der Waals surface area (Å²) in [6.07, 6.45) is 2.85. The van der Waals surface area contributed by atoms with Gasteiger partial charge in [0, 0.05) is 12.6 Å². The summed E-state index contributed by atoms with van der Waals surface area (Å²) in [6, 6.07) is 19.2. The lowest BCUT2D eigenvalue weighted by Gasteiger charge is -2.06. The van der Waals surface area contributed by atoms with Crippen molar-refractivity contribution in [2.24, 2.45) is 0 Å². The first-order valence-corrected chi connectivity index (χ1v) is 8.11. The molecule has 0 fully saturated rings. The van der Waals surface area contributed by atoms with Crippen molar-refractivity contribution in [1.82, 2.24) is 15.2 Å². The predicted octanol–water partition coefficient (Wildman–Crippen LogP) is 3.06. The number of carbonyl (C=O) groups is 1. The molecule has 0 atom stereocenters. The first-order valence-electron chi connectivity index (χ1n) is 8.11. The second kappa shape index (κ2) is 8.54. The minimum atomic E-state index is -0.0765. The Hall–Kier alpha value is -3.28. The molecule has 1 aromatic carbocycles. The van der Waals surface area contributed by atoms with E-state index in [2.05, 4.69) is 25.8 Å². The lowest BCUT2D eigenvalue weighted by Crippen LogP contribution is -2.14. The van der Waals surface area contributed by atoms with Crippen molar-refractivity contribution in [1.29, 1.82) is 0 Å². The van der Waals surface area contributed by atoms with Gasteiger partial charge < -0.3 is 10.6 Å². The SMILES string of the molecule is O=C(CCc1ccccc1)Nc1ccc(NCc2ccccn2)nn1. The average Bonchev–Trinajstić information content (AvgIpc) is 2.67. The van der Waals surface area contributed by atoms with Gasteiger partial charge >= 0.3 is 0 Å². The Morgan fingerprint density at radius 1 is 0.880 bits per heavy atom. The van der Waals surface area contributed by atoms with Crippen LogP contribution in [0.2, 0.25) is 0 Å². The van der Waals surface area contributed by atoms with Crippen LogP contribution in [0.1, 0.15) is 17.7 Å². The van der Waals surface area contributed by atoms with Crippen molar-refractivity contribution >= 4 is 17.5 Å². The van der Waals surface area contributed by atoms with E-state index in [9.17, 15) is 4.79 Å². The van der Waals surface area contributed by atoms with Crippen LogP contribution >= 0.6 is 0 Å². The maximum absolute atomic E-state index is 12.0. The number of benzene rings is 1. The molecule has 3 aromatic rings. The summed E-state index contributed by atoms with van der Waals surface area (Å²) in [6.45, 7) is 0.568. The lowest BCUT2D eigenvalue weighted by molar-refractivity contribution is -0.116. The minimum Gasteiger partial charge on any atom is -0.363 e. The van der Waals surface area contributed by atoms with Gasteiger partial charge in [0.25, 0.3) is 0 Å². The fourth-order valence-electron chi connectivity index (χ4n) is 2.28. The zero-order valence-corrected chi connectivity index (χ0v) is 13.7. The van der Waals surface area contributed by atoms with Gasteiger partial charge in [0.2, 0.25) is 5.91 Å². The van der Waals surface area contributed by atoms with E-state index < -0.39 is 0 Å². The molecule has 0 aliphatic rings. The highest BCUT2D eigenvalue weighted by molar-refractivity contribution is 5.89. The quantitative estimate of drug-likeness (QED) is 0.695. The number of pyridine rings is 1. The van der Waals surface area contributed by atoms with Gasteiger partial charge in [0.15, 0.2) is 5.82 Å². The summed E-state index contributed by atoms with van der Waals surface area (Å²) in [5.41, 5.74) is 2.06. The van der Waals surface area contributed by atoms with E-state index in [1.807, 2.05) is 48.5 Å². The van der Waals surface area contributed by atoms with E-state index >= 15 is 0 Å². The lowest BCUT2D eigenvalue weighted by atomic mass is 10.1. The van der Waals surface area contributed by atoms with Crippen molar-refractivity contribution in [3.05, 3.63) is 78.1 Å². The van der Waals surface area contributed by atoms with Crippen molar-refractivity contribution < 1.29 is 4.79 Å². The Morgan fingerprint density at radius 2 is 1.64 bits per heavy atom. The van der Waals surface area contributed by atoms with Gasteiger partial charge in [0.1, 0.15) is 5.82 Å². The van der Waals surface area contributed by atoms with Gasteiger partial charge in [-0.05, 0) is 36.2 Å². The topological polar surface area (TPSA) is 79.8 Å². The smallest absolute Gasteiger partial charge is 0.225 e. The Balaban J connectivity index is 1.46. The van der Waals surface area contributed by atoms with Gasteiger partial charge in [0.05, 0.1) is 12.2 Å². The molecule has 0 saturated heterocycles. The largest absolute Gasteiger partial charge is 0.363 e. The highest BCUT2D eigenvalue weighted by Gasteiger charge is 2.05. The van der Waals surface area contributed by atoms with E-state index in [0.717, 1.165) is 11.3 Å².